The van der Waals surface area contributed by atoms with E-state index in [1.54, 1.807) is 13.8 Å². The second kappa shape index (κ2) is 12.4. The van der Waals surface area contributed by atoms with Crippen molar-refractivity contribution in [2.24, 2.45) is 46.2 Å². The molecular formula is C27H51NO3. The van der Waals surface area contributed by atoms with Gasteiger partial charge in [-0.3, -0.25) is 4.79 Å². The largest absolute Gasteiger partial charge is 0.480 e. The van der Waals surface area contributed by atoms with E-state index in [-0.39, 0.29) is 17.3 Å². The van der Waals surface area contributed by atoms with Gasteiger partial charge in [0.2, 0.25) is 0 Å². The van der Waals surface area contributed by atoms with Crippen LogP contribution in [0.1, 0.15) is 113 Å². The fourth-order valence-electron chi connectivity index (χ4n) is 6.48. The predicted molar refractivity (Wildman–Crippen MR) is 130 cm³/mol. The number of aldehydes is 1. The van der Waals surface area contributed by atoms with Crippen LogP contribution in [0.15, 0.2) is 0 Å². The molecule has 2 saturated carbocycles. The number of hydrogen-bond donors (Lipinski definition) is 2. The summed E-state index contributed by atoms with van der Waals surface area (Å²) < 4.78 is 0. The summed E-state index contributed by atoms with van der Waals surface area (Å²) in [6, 6.07) is -0.713. The van der Waals surface area contributed by atoms with Crippen LogP contribution in [-0.2, 0) is 9.59 Å². The molecule has 3 N–H and O–H groups in total. The SMILES string of the molecule is CC(C)C(N)C(=O)O.CCCC(C=O)C1(C)CCC(C2(C)CCCCC2CC)CC1C. The molecule has 0 aromatic heterocycles. The summed E-state index contributed by atoms with van der Waals surface area (Å²) >= 11 is 0. The van der Waals surface area contributed by atoms with E-state index in [4.69, 9.17) is 10.8 Å². The molecule has 0 aromatic rings. The van der Waals surface area contributed by atoms with Crippen molar-refractivity contribution >= 4 is 12.3 Å². The highest BCUT2D eigenvalue weighted by Gasteiger charge is 2.49. The third kappa shape index (κ3) is 6.79. The summed E-state index contributed by atoms with van der Waals surface area (Å²) in [5.74, 6) is 1.84. The highest BCUT2D eigenvalue weighted by Crippen LogP contribution is 2.57. The Labute approximate surface area is 192 Å². The third-order valence-electron chi connectivity index (χ3n) is 9.29. The molecule has 2 aliphatic carbocycles. The van der Waals surface area contributed by atoms with Crippen LogP contribution in [0.5, 0.6) is 0 Å². The topological polar surface area (TPSA) is 80.4 Å². The number of carboxylic acid groups (broad SMARTS) is 1. The Kier molecular flexibility index (Phi) is 11.2. The van der Waals surface area contributed by atoms with Crippen LogP contribution < -0.4 is 5.73 Å². The average molecular weight is 438 g/mol. The Balaban J connectivity index is 0.000000512. The summed E-state index contributed by atoms with van der Waals surface area (Å²) in [5, 5.41) is 8.23. The number of hydrogen-bond acceptors (Lipinski definition) is 3. The van der Waals surface area contributed by atoms with Crippen molar-refractivity contribution in [2.45, 2.75) is 119 Å². The van der Waals surface area contributed by atoms with Crippen molar-refractivity contribution in [3.63, 3.8) is 0 Å². The van der Waals surface area contributed by atoms with Gasteiger partial charge in [0.25, 0.3) is 0 Å². The van der Waals surface area contributed by atoms with Gasteiger partial charge in [-0.25, -0.2) is 0 Å². The van der Waals surface area contributed by atoms with Gasteiger partial charge in [0.05, 0.1) is 0 Å². The van der Waals surface area contributed by atoms with Gasteiger partial charge in [0.1, 0.15) is 12.3 Å². The molecular weight excluding hydrogens is 386 g/mol. The molecule has 2 fully saturated rings. The Bertz CT molecular complexity index is 563. The molecule has 0 bridgehead atoms. The highest BCUT2D eigenvalue weighted by molar-refractivity contribution is 5.73. The molecule has 7 unspecified atom stereocenters. The second-order valence-electron chi connectivity index (χ2n) is 11.4. The molecule has 4 nitrogen and oxygen atoms in total. The Hall–Kier alpha value is -0.900. The minimum Gasteiger partial charge on any atom is -0.480 e. The lowest BCUT2D eigenvalue weighted by Crippen LogP contribution is -2.46. The molecule has 0 aromatic carbocycles. The lowest BCUT2D eigenvalue weighted by atomic mass is 9.51. The van der Waals surface area contributed by atoms with Crippen molar-refractivity contribution in [2.75, 3.05) is 0 Å². The molecule has 0 heterocycles. The van der Waals surface area contributed by atoms with Crippen LogP contribution >= 0.6 is 0 Å². The number of carboxylic acids is 1. The molecule has 2 rings (SSSR count). The van der Waals surface area contributed by atoms with Gasteiger partial charge in [-0.1, -0.05) is 74.1 Å². The number of carbonyl (C=O) groups is 2. The van der Waals surface area contributed by atoms with Crippen molar-refractivity contribution < 1.29 is 14.7 Å². The predicted octanol–water partition coefficient (Wildman–Crippen LogP) is 6.70. The van der Waals surface area contributed by atoms with Crippen LogP contribution in [-0.4, -0.2) is 23.4 Å². The minimum absolute atomic E-state index is 0.0208. The first-order valence-corrected chi connectivity index (χ1v) is 12.9. The van der Waals surface area contributed by atoms with Gasteiger partial charge in [-0.05, 0) is 73.0 Å². The van der Waals surface area contributed by atoms with Gasteiger partial charge >= 0.3 is 5.97 Å². The zero-order valence-corrected chi connectivity index (χ0v) is 21.5. The van der Waals surface area contributed by atoms with Gasteiger partial charge in [0, 0.05) is 5.92 Å². The third-order valence-corrected chi connectivity index (χ3v) is 9.29. The zero-order valence-electron chi connectivity index (χ0n) is 21.5. The maximum atomic E-state index is 11.7. The quantitative estimate of drug-likeness (QED) is 0.414. The molecule has 31 heavy (non-hydrogen) atoms. The van der Waals surface area contributed by atoms with Gasteiger partial charge in [0.15, 0.2) is 0 Å². The Morgan fingerprint density at radius 3 is 2.23 bits per heavy atom. The lowest BCUT2D eigenvalue weighted by Gasteiger charge is -2.54. The molecule has 0 saturated heterocycles. The van der Waals surface area contributed by atoms with Gasteiger partial charge in [-0.2, -0.15) is 0 Å². The molecule has 2 aliphatic rings. The molecule has 4 heteroatoms. The van der Waals surface area contributed by atoms with Gasteiger partial charge < -0.3 is 15.6 Å². The monoisotopic (exact) mass is 437 g/mol. The van der Waals surface area contributed by atoms with Crippen LogP contribution in [0.2, 0.25) is 0 Å². The van der Waals surface area contributed by atoms with E-state index in [9.17, 15) is 9.59 Å². The zero-order chi connectivity index (χ0) is 23.8. The summed E-state index contributed by atoms with van der Waals surface area (Å²) in [7, 11) is 0. The fourth-order valence-corrected chi connectivity index (χ4v) is 6.48. The number of carbonyl (C=O) groups excluding carboxylic acids is 1. The summed E-state index contributed by atoms with van der Waals surface area (Å²) in [6.45, 7) is 15.6. The van der Waals surface area contributed by atoms with E-state index in [0.717, 1.165) is 24.7 Å². The van der Waals surface area contributed by atoms with E-state index < -0.39 is 12.0 Å². The molecule has 0 spiro atoms. The van der Waals surface area contributed by atoms with E-state index in [2.05, 4.69) is 34.6 Å². The summed E-state index contributed by atoms with van der Waals surface area (Å²) in [5.41, 5.74) is 5.96. The number of nitrogens with two attached hydrogens (primary N) is 1. The first-order chi connectivity index (χ1) is 14.5. The number of aliphatic carboxylic acids is 1. The summed E-state index contributed by atoms with van der Waals surface area (Å²) in [6.07, 6.45) is 14.5. The van der Waals surface area contributed by atoms with E-state index >= 15 is 0 Å². The normalized spacial score (nSPS) is 35.6. The second-order valence-corrected chi connectivity index (χ2v) is 11.4. The maximum absolute atomic E-state index is 11.7. The smallest absolute Gasteiger partial charge is 0.320 e. The van der Waals surface area contributed by atoms with Gasteiger partial charge in [-0.15, -0.1) is 0 Å². The molecule has 7 atom stereocenters. The first-order valence-electron chi connectivity index (χ1n) is 12.9. The Morgan fingerprint density at radius 1 is 1.16 bits per heavy atom. The van der Waals surface area contributed by atoms with Crippen molar-refractivity contribution in [1.82, 2.24) is 0 Å². The molecule has 0 aliphatic heterocycles. The highest BCUT2D eigenvalue weighted by atomic mass is 16.4. The van der Waals surface area contributed by atoms with Crippen LogP contribution in [0, 0.1) is 40.4 Å². The maximum Gasteiger partial charge on any atom is 0.320 e. The standard InChI is InChI=1S/C22H40O.C5H11NO2/c1-6-10-20(16-23)21(4)14-12-19(15-17(21)3)22(5)13-9-8-11-18(22)7-2;1-3(2)4(6)5(7)8/h16-20H,6-15H2,1-5H3;3-4H,6H2,1-2H3,(H,7,8). The van der Waals surface area contributed by atoms with E-state index in [1.807, 2.05) is 0 Å². The minimum atomic E-state index is -0.931. The van der Waals surface area contributed by atoms with Crippen LogP contribution in [0.25, 0.3) is 0 Å². The first kappa shape index (κ1) is 28.1. The molecule has 182 valence electrons. The lowest BCUT2D eigenvalue weighted by molar-refractivity contribution is -0.139. The van der Waals surface area contributed by atoms with Crippen molar-refractivity contribution in [3.05, 3.63) is 0 Å². The fraction of sp³-hybridized carbons (Fsp3) is 0.926. The Morgan fingerprint density at radius 2 is 1.81 bits per heavy atom. The molecule has 0 amide bonds. The molecule has 0 radical (unpaired) electrons. The summed E-state index contributed by atoms with van der Waals surface area (Å²) in [4.78, 5) is 21.7. The van der Waals surface area contributed by atoms with Crippen molar-refractivity contribution in [3.8, 4) is 0 Å². The van der Waals surface area contributed by atoms with Crippen LogP contribution in [0.4, 0.5) is 0 Å². The van der Waals surface area contributed by atoms with Crippen LogP contribution in [0.3, 0.4) is 0 Å². The van der Waals surface area contributed by atoms with E-state index in [0.29, 0.717) is 11.3 Å². The number of rotatable bonds is 8. The van der Waals surface area contributed by atoms with E-state index in [1.165, 1.54) is 57.7 Å². The van der Waals surface area contributed by atoms with Crippen molar-refractivity contribution in [1.29, 1.82) is 0 Å². The average Bonchev–Trinajstić information content (AvgIpc) is 2.73.